The minimum Gasteiger partial charge on any atom is -0.364 e. The van der Waals surface area contributed by atoms with Crippen molar-refractivity contribution in [2.45, 2.75) is 4.90 Å². The van der Waals surface area contributed by atoms with Crippen molar-refractivity contribution in [2.75, 3.05) is 4.72 Å². The van der Waals surface area contributed by atoms with E-state index in [1.54, 1.807) is 18.2 Å². The number of sulfonamides is 1. The lowest BCUT2D eigenvalue weighted by Crippen LogP contribution is -2.13. The van der Waals surface area contributed by atoms with Gasteiger partial charge in [-0.15, -0.1) is 0 Å². The molecule has 0 spiro atoms. The highest BCUT2D eigenvalue weighted by molar-refractivity contribution is 7.92. The Balaban J connectivity index is 2.25. The number of primary amides is 1. The van der Waals surface area contributed by atoms with Crippen LogP contribution in [0.1, 0.15) is 10.5 Å². The molecule has 0 aliphatic heterocycles. The summed E-state index contributed by atoms with van der Waals surface area (Å²) in [7, 11) is -3.71. The summed E-state index contributed by atoms with van der Waals surface area (Å²) in [4.78, 5) is 10.9. The van der Waals surface area contributed by atoms with E-state index in [1.165, 1.54) is 18.2 Å². The number of amides is 1. The van der Waals surface area contributed by atoms with Crippen LogP contribution in [-0.4, -0.2) is 24.5 Å². The van der Waals surface area contributed by atoms with Gasteiger partial charge >= 0.3 is 0 Å². The molecular weight excluding hydrogens is 256 g/mol. The van der Waals surface area contributed by atoms with Gasteiger partial charge in [0.2, 0.25) is 0 Å². The second kappa shape index (κ2) is 4.49. The third kappa shape index (κ3) is 2.48. The number of anilines is 1. The first-order chi connectivity index (χ1) is 8.49. The fourth-order valence-electron chi connectivity index (χ4n) is 1.30. The van der Waals surface area contributed by atoms with Crippen molar-refractivity contribution in [3.63, 3.8) is 0 Å². The van der Waals surface area contributed by atoms with Gasteiger partial charge in [0.05, 0.1) is 4.90 Å². The van der Waals surface area contributed by atoms with Crippen molar-refractivity contribution in [2.24, 2.45) is 5.73 Å². The zero-order chi connectivity index (χ0) is 13.2. The smallest absolute Gasteiger partial charge is 0.266 e. The number of H-pyrrole nitrogens is 1. The molecule has 1 aromatic carbocycles. The van der Waals surface area contributed by atoms with Gasteiger partial charge in [-0.3, -0.25) is 14.6 Å². The van der Waals surface area contributed by atoms with Crippen LogP contribution in [-0.2, 0) is 10.0 Å². The largest absolute Gasteiger partial charge is 0.364 e. The predicted molar refractivity (Wildman–Crippen MR) is 64.4 cm³/mol. The van der Waals surface area contributed by atoms with Gasteiger partial charge in [-0.1, -0.05) is 18.2 Å². The van der Waals surface area contributed by atoms with Crippen LogP contribution in [0.4, 0.5) is 5.82 Å². The summed E-state index contributed by atoms with van der Waals surface area (Å²) < 4.78 is 26.0. The van der Waals surface area contributed by atoms with Crippen LogP contribution in [0.5, 0.6) is 0 Å². The number of carbonyl (C=O) groups is 1. The number of rotatable bonds is 4. The minimum absolute atomic E-state index is 0.00709. The number of hydrogen-bond donors (Lipinski definition) is 3. The molecule has 4 N–H and O–H groups in total. The van der Waals surface area contributed by atoms with E-state index in [9.17, 15) is 13.2 Å². The first-order valence-electron chi connectivity index (χ1n) is 4.92. The van der Waals surface area contributed by atoms with E-state index in [2.05, 4.69) is 14.9 Å². The zero-order valence-corrected chi connectivity index (χ0v) is 9.94. The number of nitrogens with one attached hydrogen (secondary N) is 2. The van der Waals surface area contributed by atoms with Crippen LogP contribution in [0, 0.1) is 0 Å². The van der Waals surface area contributed by atoms with Gasteiger partial charge in [-0.2, -0.15) is 5.10 Å². The van der Waals surface area contributed by atoms with E-state index in [1.807, 2.05) is 0 Å². The van der Waals surface area contributed by atoms with Crippen molar-refractivity contribution in [3.8, 4) is 0 Å². The molecule has 7 nitrogen and oxygen atoms in total. The lowest BCUT2D eigenvalue weighted by atomic mass is 10.4. The average molecular weight is 266 g/mol. The molecule has 18 heavy (non-hydrogen) atoms. The molecule has 0 aliphatic rings. The molecule has 0 saturated carbocycles. The summed E-state index contributed by atoms with van der Waals surface area (Å²) in [6, 6.07) is 9.04. The number of hydrogen-bond acceptors (Lipinski definition) is 4. The SMILES string of the molecule is NC(=O)c1cc(NS(=O)(=O)c2ccccc2)n[nH]1. The molecule has 1 amide bonds. The number of aromatic nitrogens is 2. The van der Waals surface area contributed by atoms with Gasteiger partial charge < -0.3 is 5.73 Å². The van der Waals surface area contributed by atoms with Crippen LogP contribution in [0.15, 0.2) is 41.3 Å². The summed E-state index contributed by atoms with van der Waals surface area (Å²) in [5, 5.41) is 5.96. The summed E-state index contributed by atoms with van der Waals surface area (Å²) in [5.41, 5.74) is 5.04. The maximum absolute atomic E-state index is 11.9. The summed E-state index contributed by atoms with van der Waals surface area (Å²) in [6.45, 7) is 0. The Labute approximate surface area is 103 Å². The number of nitrogens with two attached hydrogens (primary N) is 1. The lowest BCUT2D eigenvalue weighted by Gasteiger charge is -2.04. The van der Waals surface area contributed by atoms with Crippen LogP contribution in [0.3, 0.4) is 0 Å². The molecule has 0 radical (unpaired) electrons. The van der Waals surface area contributed by atoms with Crippen molar-refractivity contribution in [3.05, 3.63) is 42.1 Å². The van der Waals surface area contributed by atoms with E-state index in [4.69, 9.17) is 5.73 Å². The van der Waals surface area contributed by atoms with Crippen LogP contribution in [0.2, 0.25) is 0 Å². The molecule has 0 unspecified atom stereocenters. The molecular formula is C10H10N4O3S. The van der Waals surface area contributed by atoms with E-state index < -0.39 is 15.9 Å². The van der Waals surface area contributed by atoms with Crippen molar-refractivity contribution < 1.29 is 13.2 Å². The highest BCUT2D eigenvalue weighted by Gasteiger charge is 2.15. The molecule has 2 aromatic rings. The Morgan fingerprint density at radius 2 is 1.94 bits per heavy atom. The third-order valence-electron chi connectivity index (χ3n) is 2.14. The maximum atomic E-state index is 11.9. The zero-order valence-electron chi connectivity index (χ0n) is 9.12. The Hall–Kier alpha value is -2.35. The Morgan fingerprint density at radius 1 is 1.28 bits per heavy atom. The van der Waals surface area contributed by atoms with Crippen LogP contribution in [0.25, 0.3) is 0 Å². The highest BCUT2D eigenvalue weighted by Crippen LogP contribution is 2.14. The summed E-state index contributed by atoms with van der Waals surface area (Å²) in [5.74, 6) is -0.708. The first kappa shape index (κ1) is 12.1. The van der Waals surface area contributed by atoms with E-state index in [0.717, 1.165) is 0 Å². The molecule has 1 aromatic heterocycles. The van der Waals surface area contributed by atoms with Gasteiger partial charge in [-0.25, -0.2) is 8.42 Å². The van der Waals surface area contributed by atoms with Crippen molar-refractivity contribution in [1.82, 2.24) is 10.2 Å². The number of carbonyl (C=O) groups excluding carboxylic acids is 1. The second-order valence-corrected chi connectivity index (χ2v) is 5.13. The average Bonchev–Trinajstić information content (AvgIpc) is 2.78. The van der Waals surface area contributed by atoms with Gasteiger partial charge in [0.15, 0.2) is 5.82 Å². The standard InChI is InChI=1S/C10H10N4O3S/c11-10(15)8-6-9(13-12-8)14-18(16,17)7-4-2-1-3-5-7/h1-6H,(H2,11,15)(H2,12,13,14). The molecule has 2 rings (SSSR count). The van der Waals surface area contributed by atoms with E-state index in [0.29, 0.717) is 0 Å². The third-order valence-corrected chi connectivity index (χ3v) is 3.51. The maximum Gasteiger partial charge on any atom is 0.266 e. The lowest BCUT2D eigenvalue weighted by molar-refractivity contribution is 0.0995. The minimum atomic E-state index is -3.71. The van der Waals surface area contributed by atoms with Crippen molar-refractivity contribution in [1.29, 1.82) is 0 Å². The molecule has 0 fully saturated rings. The summed E-state index contributed by atoms with van der Waals surface area (Å²) in [6.07, 6.45) is 0. The topological polar surface area (TPSA) is 118 Å². The fourth-order valence-corrected chi connectivity index (χ4v) is 2.31. The van der Waals surface area contributed by atoms with Gasteiger partial charge in [-0.05, 0) is 12.1 Å². The van der Waals surface area contributed by atoms with Gasteiger partial charge in [0.1, 0.15) is 5.69 Å². The van der Waals surface area contributed by atoms with Crippen LogP contribution < -0.4 is 10.5 Å². The molecule has 8 heteroatoms. The van der Waals surface area contributed by atoms with E-state index in [-0.39, 0.29) is 16.4 Å². The molecule has 0 bridgehead atoms. The van der Waals surface area contributed by atoms with Gasteiger partial charge in [0, 0.05) is 6.07 Å². The Bertz CT molecular complexity index is 663. The first-order valence-corrected chi connectivity index (χ1v) is 6.40. The van der Waals surface area contributed by atoms with Crippen molar-refractivity contribution >= 4 is 21.7 Å². The van der Waals surface area contributed by atoms with Crippen LogP contribution >= 0.6 is 0 Å². The molecule has 94 valence electrons. The molecule has 0 saturated heterocycles. The molecule has 0 atom stereocenters. The number of benzene rings is 1. The quantitative estimate of drug-likeness (QED) is 0.737. The van der Waals surface area contributed by atoms with Gasteiger partial charge in [0.25, 0.3) is 15.9 Å². The second-order valence-electron chi connectivity index (χ2n) is 3.45. The number of aromatic amines is 1. The molecule has 0 aliphatic carbocycles. The predicted octanol–water partition coefficient (Wildman–Crippen LogP) is 0.309. The normalized spacial score (nSPS) is 11.1. The number of nitrogens with zero attached hydrogens (tertiary/aromatic N) is 1. The monoisotopic (exact) mass is 266 g/mol. The highest BCUT2D eigenvalue weighted by atomic mass is 32.2. The Kier molecular flexibility index (Phi) is 3.02. The Morgan fingerprint density at radius 3 is 2.50 bits per heavy atom. The van der Waals surface area contributed by atoms with E-state index >= 15 is 0 Å². The summed E-state index contributed by atoms with van der Waals surface area (Å²) >= 11 is 0. The fraction of sp³-hybridized carbons (Fsp3) is 0. The molecule has 1 heterocycles.